The highest BCUT2D eigenvalue weighted by atomic mass is 16.5. The molecule has 20 heavy (non-hydrogen) atoms. The van der Waals surface area contributed by atoms with Crippen LogP contribution in [0.25, 0.3) is 10.8 Å². The highest BCUT2D eigenvalue weighted by Gasteiger charge is 2.29. The number of pyridine rings is 1. The Labute approximate surface area is 116 Å². The summed E-state index contributed by atoms with van der Waals surface area (Å²) in [5, 5.41) is 10.9. The number of ether oxygens (including phenoxy) is 1. The first-order valence-corrected chi connectivity index (χ1v) is 6.43. The van der Waals surface area contributed by atoms with E-state index in [2.05, 4.69) is 11.1 Å². The monoisotopic (exact) mass is 267 g/mol. The van der Waals surface area contributed by atoms with Crippen LogP contribution in [0.1, 0.15) is 10.5 Å². The van der Waals surface area contributed by atoms with Gasteiger partial charge < -0.3 is 9.64 Å². The number of nitriles is 1. The van der Waals surface area contributed by atoms with E-state index in [1.54, 1.807) is 6.20 Å². The topological polar surface area (TPSA) is 66.2 Å². The molecule has 0 bridgehead atoms. The molecule has 2 heterocycles. The zero-order valence-electron chi connectivity index (χ0n) is 10.8. The highest BCUT2D eigenvalue weighted by molar-refractivity contribution is 6.05. The Hall–Kier alpha value is -2.45. The van der Waals surface area contributed by atoms with E-state index in [4.69, 9.17) is 10.00 Å². The molecule has 1 aliphatic rings. The molecule has 1 aromatic heterocycles. The molecule has 1 aliphatic heterocycles. The van der Waals surface area contributed by atoms with Gasteiger partial charge in [0.2, 0.25) is 0 Å². The summed E-state index contributed by atoms with van der Waals surface area (Å²) in [6.45, 7) is 1.13. The van der Waals surface area contributed by atoms with Gasteiger partial charge in [0.15, 0.2) is 0 Å². The SMILES string of the molecule is N#CC1COCCN1C(=O)c1nccc2ccccc12. The number of nitrogens with zero attached hydrogens (tertiary/aromatic N) is 3. The van der Waals surface area contributed by atoms with E-state index < -0.39 is 6.04 Å². The van der Waals surface area contributed by atoms with Crippen molar-refractivity contribution in [1.82, 2.24) is 9.88 Å². The molecular weight excluding hydrogens is 254 g/mol. The quantitative estimate of drug-likeness (QED) is 0.787. The minimum atomic E-state index is -0.544. The summed E-state index contributed by atoms with van der Waals surface area (Å²) >= 11 is 0. The van der Waals surface area contributed by atoms with Crippen LogP contribution < -0.4 is 0 Å². The summed E-state index contributed by atoms with van der Waals surface area (Å²) in [5.74, 6) is -0.211. The van der Waals surface area contributed by atoms with E-state index in [9.17, 15) is 4.79 Å². The number of fused-ring (bicyclic) bond motifs is 1. The predicted molar refractivity (Wildman–Crippen MR) is 73.0 cm³/mol. The Bertz CT molecular complexity index is 688. The smallest absolute Gasteiger partial charge is 0.274 e. The van der Waals surface area contributed by atoms with Crippen LogP contribution in [0, 0.1) is 11.3 Å². The molecule has 5 heteroatoms. The maximum Gasteiger partial charge on any atom is 0.274 e. The molecule has 0 N–H and O–H groups in total. The Balaban J connectivity index is 2.02. The number of amides is 1. The molecular formula is C15H13N3O2. The van der Waals surface area contributed by atoms with Gasteiger partial charge >= 0.3 is 0 Å². The van der Waals surface area contributed by atoms with E-state index in [0.29, 0.717) is 18.8 Å². The van der Waals surface area contributed by atoms with Gasteiger partial charge in [-0.25, -0.2) is 0 Å². The fourth-order valence-corrected chi connectivity index (χ4v) is 2.38. The van der Waals surface area contributed by atoms with Crippen LogP contribution >= 0.6 is 0 Å². The van der Waals surface area contributed by atoms with Crippen LogP contribution in [-0.4, -0.2) is 41.6 Å². The number of morpholine rings is 1. The van der Waals surface area contributed by atoms with Crippen molar-refractivity contribution in [3.63, 3.8) is 0 Å². The largest absolute Gasteiger partial charge is 0.376 e. The molecule has 1 fully saturated rings. The fraction of sp³-hybridized carbons (Fsp3) is 0.267. The van der Waals surface area contributed by atoms with Gasteiger partial charge in [-0.2, -0.15) is 5.26 Å². The first-order valence-electron chi connectivity index (χ1n) is 6.43. The van der Waals surface area contributed by atoms with Gasteiger partial charge in [-0.1, -0.05) is 24.3 Å². The number of benzene rings is 1. The highest BCUT2D eigenvalue weighted by Crippen LogP contribution is 2.19. The second kappa shape index (κ2) is 5.27. The van der Waals surface area contributed by atoms with Crippen LogP contribution in [0.2, 0.25) is 0 Å². The maximum absolute atomic E-state index is 12.6. The van der Waals surface area contributed by atoms with E-state index >= 15 is 0 Å². The third-order valence-electron chi connectivity index (χ3n) is 3.41. The predicted octanol–water partition coefficient (Wildman–Crippen LogP) is 1.60. The summed E-state index contributed by atoms with van der Waals surface area (Å²) in [4.78, 5) is 18.4. The summed E-state index contributed by atoms with van der Waals surface area (Å²) in [5.41, 5.74) is 0.394. The molecule has 1 unspecified atom stereocenters. The number of hydrogen-bond donors (Lipinski definition) is 0. The van der Waals surface area contributed by atoms with Crippen LogP contribution in [-0.2, 0) is 4.74 Å². The number of carbonyl (C=O) groups is 1. The molecule has 0 saturated carbocycles. The van der Waals surface area contributed by atoms with Crippen LogP contribution in [0.4, 0.5) is 0 Å². The Morgan fingerprint density at radius 2 is 2.25 bits per heavy atom. The van der Waals surface area contributed by atoms with Crippen molar-refractivity contribution in [3.05, 3.63) is 42.2 Å². The first-order chi connectivity index (χ1) is 9.81. The van der Waals surface area contributed by atoms with Gasteiger partial charge in [0.1, 0.15) is 11.7 Å². The van der Waals surface area contributed by atoms with Gasteiger partial charge in [0, 0.05) is 18.1 Å². The summed E-state index contributed by atoms with van der Waals surface area (Å²) in [7, 11) is 0. The standard InChI is InChI=1S/C15H13N3O2/c16-9-12-10-20-8-7-18(12)15(19)14-13-4-2-1-3-11(13)5-6-17-14/h1-6,12H,7-8,10H2. The normalized spacial score (nSPS) is 18.8. The summed E-state index contributed by atoms with van der Waals surface area (Å²) in [6, 6.07) is 11.0. The maximum atomic E-state index is 12.6. The van der Waals surface area contributed by atoms with Crippen LogP contribution in [0.3, 0.4) is 0 Å². The van der Waals surface area contributed by atoms with Crippen molar-refractivity contribution in [2.24, 2.45) is 0 Å². The minimum absolute atomic E-state index is 0.211. The average molecular weight is 267 g/mol. The second-order valence-electron chi connectivity index (χ2n) is 4.60. The van der Waals surface area contributed by atoms with Gasteiger partial charge in [-0.05, 0) is 11.5 Å². The third-order valence-corrected chi connectivity index (χ3v) is 3.41. The van der Waals surface area contributed by atoms with E-state index in [-0.39, 0.29) is 12.5 Å². The zero-order chi connectivity index (χ0) is 13.9. The van der Waals surface area contributed by atoms with Crippen molar-refractivity contribution in [2.75, 3.05) is 19.8 Å². The van der Waals surface area contributed by atoms with Gasteiger partial charge in [-0.3, -0.25) is 9.78 Å². The summed E-state index contributed by atoms with van der Waals surface area (Å²) in [6.07, 6.45) is 1.62. The van der Waals surface area contributed by atoms with Crippen molar-refractivity contribution < 1.29 is 9.53 Å². The fourth-order valence-electron chi connectivity index (χ4n) is 2.38. The second-order valence-corrected chi connectivity index (χ2v) is 4.60. The molecule has 2 aromatic rings. The van der Waals surface area contributed by atoms with Crippen molar-refractivity contribution in [2.45, 2.75) is 6.04 Å². The van der Waals surface area contributed by atoms with Crippen molar-refractivity contribution in [3.8, 4) is 6.07 Å². The third kappa shape index (κ3) is 2.10. The van der Waals surface area contributed by atoms with Gasteiger partial charge in [0.25, 0.3) is 5.91 Å². The molecule has 100 valence electrons. The number of rotatable bonds is 1. The lowest BCUT2D eigenvalue weighted by Gasteiger charge is -2.31. The molecule has 0 spiro atoms. The molecule has 5 nitrogen and oxygen atoms in total. The molecule has 1 atom stereocenters. The number of carbonyl (C=O) groups excluding carboxylic acids is 1. The van der Waals surface area contributed by atoms with E-state index in [1.165, 1.54) is 4.90 Å². The van der Waals surface area contributed by atoms with E-state index in [1.807, 2.05) is 30.3 Å². The molecule has 0 aliphatic carbocycles. The minimum Gasteiger partial charge on any atom is -0.376 e. The molecule has 1 amide bonds. The Morgan fingerprint density at radius 1 is 1.40 bits per heavy atom. The van der Waals surface area contributed by atoms with Crippen molar-refractivity contribution in [1.29, 1.82) is 5.26 Å². The lowest BCUT2D eigenvalue weighted by atomic mass is 10.1. The zero-order valence-corrected chi connectivity index (χ0v) is 10.8. The van der Waals surface area contributed by atoms with E-state index in [0.717, 1.165) is 10.8 Å². The van der Waals surface area contributed by atoms with Crippen molar-refractivity contribution >= 4 is 16.7 Å². The summed E-state index contributed by atoms with van der Waals surface area (Å²) < 4.78 is 5.24. The van der Waals surface area contributed by atoms with Gasteiger partial charge in [0.05, 0.1) is 19.3 Å². The van der Waals surface area contributed by atoms with Crippen LogP contribution in [0.5, 0.6) is 0 Å². The number of hydrogen-bond acceptors (Lipinski definition) is 4. The Morgan fingerprint density at radius 3 is 3.10 bits per heavy atom. The first kappa shape index (κ1) is 12.6. The van der Waals surface area contributed by atoms with Crippen LogP contribution in [0.15, 0.2) is 36.5 Å². The van der Waals surface area contributed by atoms with Gasteiger partial charge in [-0.15, -0.1) is 0 Å². The molecule has 1 aromatic carbocycles. The molecule has 1 saturated heterocycles. The number of aromatic nitrogens is 1. The Kier molecular flexibility index (Phi) is 3.32. The molecule has 0 radical (unpaired) electrons. The lowest BCUT2D eigenvalue weighted by Crippen LogP contribution is -2.48. The lowest BCUT2D eigenvalue weighted by molar-refractivity contribution is 0.0130. The molecule has 3 rings (SSSR count). The average Bonchev–Trinajstić information content (AvgIpc) is 2.53.